The van der Waals surface area contributed by atoms with Crippen molar-refractivity contribution in [3.63, 3.8) is 0 Å². The number of H-pyrrole nitrogens is 2. The van der Waals surface area contributed by atoms with E-state index in [0.717, 1.165) is 56.4 Å². The molecular formula is C33H31N5. The third-order valence-corrected chi connectivity index (χ3v) is 10.2. The quantitative estimate of drug-likeness (QED) is 0.239. The van der Waals surface area contributed by atoms with Gasteiger partial charge in [-0.25, -0.2) is 4.98 Å². The molecule has 5 heteroatoms. The summed E-state index contributed by atoms with van der Waals surface area (Å²) in [7, 11) is 0. The summed E-state index contributed by atoms with van der Waals surface area (Å²) in [6.45, 7) is 4.49. The Bertz CT molecular complexity index is 1830. The van der Waals surface area contributed by atoms with Crippen LogP contribution in [-0.4, -0.2) is 24.9 Å². The van der Waals surface area contributed by atoms with Crippen LogP contribution in [0.1, 0.15) is 55.3 Å². The van der Waals surface area contributed by atoms with Crippen molar-refractivity contribution in [2.24, 2.45) is 17.8 Å². The smallest absolute Gasteiger partial charge is 0.141 e. The lowest BCUT2D eigenvalue weighted by molar-refractivity contribution is -0.00662. The molecule has 38 heavy (non-hydrogen) atoms. The predicted molar refractivity (Wildman–Crippen MR) is 153 cm³/mol. The molecule has 5 nitrogen and oxygen atoms in total. The van der Waals surface area contributed by atoms with Crippen molar-refractivity contribution in [3.8, 4) is 11.4 Å². The molecule has 4 bridgehead atoms. The van der Waals surface area contributed by atoms with Crippen molar-refractivity contribution in [3.05, 3.63) is 65.6 Å². The van der Waals surface area contributed by atoms with Gasteiger partial charge >= 0.3 is 0 Å². The Morgan fingerprint density at radius 3 is 2.05 bits per heavy atom. The van der Waals surface area contributed by atoms with Gasteiger partial charge in [0.2, 0.25) is 0 Å². The van der Waals surface area contributed by atoms with Gasteiger partial charge in [-0.15, -0.1) is 0 Å². The van der Waals surface area contributed by atoms with Gasteiger partial charge < -0.3 is 9.97 Å². The zero-order valence-electron chi connectivity index (χ0n) is 21.9. The van der Waals surface area contributed by atoms with Crippen molar-refractivity contribution in [1.82, 2.24) is 24.9 Å². The number of nitrogens with one attached hydrogen (secondary N) is 2. The number of aromatic nitrogens is 5. The average Bonchev–Trinajstić information content (AvgIpc) is 3.54. The predicted octanol–water partition coefficient (Wildman–Crippen LogP) is 7.89. The maximum atomic E-state index is 5.40. The summed E-state index contributed by atoms with van der Waals surface area (Å²) in [5, 5.41) is 3.47. The molecular weight excluding hydrogens is 466 g/mol. The van der Waals surface area contributed by atoms with Gasteiger partial charge in [0.1, 0.15) is 5.82 Å². The maximum absolute atomic E-state index is 5.40. The Hall–Kier alpha value is -3.73. The van der Waals surface area contributed by atoms with E-state index >= 15 is 0 Å². The first-order chi connectivity index (χ1) is 18.6. The number of aromatic amines is 2. The fourth-order valence-electron chi connectivity index (χ4n) is 9.12. The summed E-state index contributed by atoms with van der Waals surface area (Å²) in [6, 6.07) is 12.8. The van der Waals surface area contributed by atoms with E-state index in [2.05, 4.69) is 48.1 Å². The molecule has 0 aliphatic heterocycles. The van der Waals surface area contributed by atoms with Crippen molar-refractivity contribution in [2.45, 2.75) is 57.8 Å². The molecule has 4 aliphatic rings. The fourth-order valence-corrected chi connectivity index (χ4v) is 9.12. The number of hydrogen-bond acceptors (Lipinski definition) is 3. The summed E-state index contributed by atoms with van der Waals surface area (Å²) >= 11 is 0. The number of nitrogens with zero attached hydrogens (tertiary/aromatic N) is 3. The topological polar surface area (TPSA) is 70.2 Å². The Kier molecular flexibility index (Phi) is 4.03. The summed E-state index contributed by atoms with van der Waals surface area (Å²) < 4.78 is 0. The lowest BCUT2D eigenvalue weighted by Crippen LogP contribution is -2.49. The highest BCUT2D eigenvalue weighted by molar-refractivity contribution is 6.21. The molecule has 10 rings (SSSR count). The minimum atomic E-state index is 0.230. The molecule has 0 radical (unpaired) electrons. The average molecular weight is 498 g/mol. The third kappa shape index (κ3) is 2.69. The van der Waals surface area contributed by atoms with E-state index in [1.807, 2.05) is 24.5 Å². The number of fused-ring (bicyclic) bond motifs is 7. The van der Waals surface area contributed by atoms with Gasteiger partial charge in [0.25, 0.3) is 0 Å². The molecule has 0 amide bonds. The van der Waals surface area contributed by atoms with Crippen molar-refractivity contribution < 1.29 is 0 Å². The summed E-state index contributed by atoms with van der Waals surface area (Å²) in [6.07, 6.45) is 12.0. The minimum Gasteiger partial charge on any atom is -0.357 e. The molecule has 188 valence electrons. The fraction of sp³-hybridized carbons (Fsp3) is 0.364. The van der Waals surface area contributed by atoms with Crippen LogP contribution in [0.5, 0.6) is 0 Å². The first-order valence-corrected chi connectivity index (χ1v) is 14.2. The number of aryl methyl sites for hydroxylation is 2. The molecule has 0 unspecified atom stereocenters. The lowest BCUT2D eigenvalue weighted by Gasteiger charge is -2.56. The van der Waals surface area contributed by atoms with Gasteiger partial charge in [-0.05, 0) is 106 Å². The maximum Gasteiger partial charge on any atom is 0.141 e. The Morgan fingerprint density at radius 2 is 1.34 bits per heavy atom. The molecule has 0 saturated heterocycles. The lowest BCUT2D eigenvalue weighted by atomic mass is 9.48. The highest BCUT2D eigenvalue weighted by Gasteiger charge is 2.53. The molecule has 4 fully saturated rings. The van der Waals surface area contributed by atoms with E-state index < -0.39 is 0 Å². The molecule has 6 aromatic rings. The molecule has 2 N–H and O–H groups in total. The molecule has 2 aromatic carbocycles. The normalized spacial score (nSPS) is 26.4. The zero-order chi connectivity index (χ0) is 25.2. The second-order valence-electron chi connectivity index (χ2n) is 12.6. The third-order valence-electron chi connectivity index (χ3n) is 10.2. The number of rotatable bonds is 2. The van der Waals surface area contributed by atoms with Crippen LogP contribution in [0.15, 0.2) is 48.8 Å². The van der Waals surface area contributed by atoms with Crippen LogP contribution < -0.4 is 0 Å². The highest BCUT2D eigenvalue weighted by atomic mass is 14.9. The minimum absolute atomic E-state index is 0.230. The van der Waals surface area contributed by atoms with Gasteiger partial charge in [-0.3, -0.25) is 9.97 Å². The van der Waals surface area contributed by atoms with Gasteiger partial charge in [0.05, 0.1) is 22.1 Å². The SMILES string of the molecule is Cc1ccc(C)c2c(-c3nc4c5cccnc5c5ncccc5c4[nH]3)c(C34CC5CC(CC(C5)C3)C4)[nH]c12. The Labute approximate surface area is 221 Å². The van der Waals surface area contributed by atoms with Crippen LogP contribution in [0.4, 0.5) is 0 Å². The van der Waals surface area contributed by atoms with Gasteiger partial charge in [0, 0.05) is 50.7 Å². The number of benzene rings is 2. The molecule has 0 atom stereocenters. The van der Waals surface area contributed by atoms with Gasteiger partial charge in [-0.2, -0.15) is 0 Å². The Morgan fingerprint density at radius 1 is 0.711 bits per heavy atom. The van der Waals surface area contributed by atoms with Crippen LogP contribution in [0.2, 0.25) is 0 Å². The second-order valence-corrected chi connectivity index (χ2v) is 12.6. The van der Waals surface area contributed by atoms with E-state index in [-0.39, 0.29) is 5.41 Å². The summed E-state index contributed by atoms with van der Waals surface area (Å²) in [5.41, 5.74) is 10.8. The number of imidazole rings is 1. The number of pyridine rings is 2. The summed E-state index contributed by atoms with van der Waals surface area (Å²) in [5.74, 6) is 3.61. The standard InChI is InChI=1S/C33H31N5/c1-17-7-8-18(2)26-24(17)25(31(36-26)33-14-19-11-20(15-33)13-21(12-19)16-33)32-37-29-22-5-3-9-34-27(22)28-23(30(29)38-32)6-4-10-35-28/h3-10,19-21,36H,11-16H2,1-2H3,(H,37,38). The van der Waals surface area contributed by atoms with E-state index in [4.69, 9.17) is 15.0 Å². The molecule has 4 saturated carbocycles. The summed E-state index contributed by atoms with van der Waals surface area (Å²) in [4.78, 5) is 22.8. The van der Waals surface area contributed by atoms with Crippen LogP contribution in [0.25, 0.3) is 55.1 Å². The first kappa shape index (κ1) is 21.2. The van der Waals surface area contributed by atoms with Crippen LogP contribution in [0, 0.1) is 31.6 Å². The van der Waals surface area contributed by atoms with E-state index in [1.165, 1.54) is 71.8 Å². The Balaban J connectivity index is 1.39. The van der Waals surface area contributed by atoms with E-state index in [1.54, 1.807) is 0 Å². The molecule has 0 spiro atoms. The van der Waals surface area contributed by atoms with Crippen LogP contribution in [0.3, 0.4) is 0 Å². The van der Waals surface area contributed by atoms with E-state index in [9.17, 15) is 0 Å². The van der Waals surface area contributed by atoms with Crippen molar-refractivity contribution >= 4 is 43.7 Å². The largest absolute Gasteiger partial charge is 0.357 e. The zero-order valence-corrected chi connectivity index (χ0v) is 21.9. The van der Waals surface area contributed by atoms with Crippen LogP contribution in [-0.2, 0) is 5.41 Å². The van der Waals surface area contributed by atoms with E-state index in [0.29, 0.717) is 0 Å². The first-order valence-electron chi connectivity index (χ1n) is 14.2. The van der Waals surface area contributed by atoms with Gasteiger partial charge in [0.15, 0.2) is 0 Å². The molecule has 4 aliphatic carbocycles. The van der Waals surface area contributed by atoms with Crippen LogP contribution >= 0.6 is 0 Å². The highest BCUT2D eigenvalue weighted by Crippen LogP contribution is 2.62. The monoisotopic (exact) mass is 497 g/mol. The molecule has 4 aromatic heterocycles. The number of hydrogen-bond donors (Lipinski definition) is 2. The van der Waals surface area contributed by atoms with Gasteiger partial charge in [-0.1, -0.05) is 12.1 Å². The van der Waals surface area contributed by atoms with Crippen molar-refractivity contribution in [2.75, 3.05) is 0 Å². The molecule has 4 heterocycles. The van der Waals surface area contributed by atoms with Crippen molar-refractivity contribution in [1.29, 1.82) is 0 Å². The second kappa shape index (κ2) is 7.22.